The first kappa shape index (κ1) is 12.6. The lowest BCUT2D eigenvalue weighted by molar-refractivity contribution is 0.117. The standard InChI is InChI=1S/C14H25N/c1-5-6-9-14(3,4)12-8-7-11(2)10-13(12)15/h11-13H,7-10,15H2,1-4H3. The lowest BCUT2D eigenvalue weighted by Crippen LogP contribution is -2.43. The van der Waals surface area contributed by atoms with Gasteiger partial charge < -0.3 is 5.73 Å². The molecule has 0 radical (unpaired) electrons. The summed E-state index contributed by atoms with van der Waals surface area (Å²) < 4.78 is 0. The second-order valence-corrected chi connectivity index (χ2v) is 5.78. The van der Waals surface area contributed by atoms with E-state index in [1.54, 1.807) is 0 Å². The van der Waals surface area contributed by atoms with Crippen molar-refractivity contribution < 1.29 is 0 Å². The van der Waals surface area contributed by atoms with Crippen molar-refractivity contribution in [2.75, 3.05) is 0 Å². The maximum Gasteiger partial charge on any atom is 0.0143 e. The Kier molecular flexibility index (Phi) is 4.22. The summed E-state index contributed by atoms with van der Waals surface area (Å²) in [7, 11) is 0. The van der Waals surface area contributed by atoms with Crippen molar-refractivity contribution in [1.29, 1.82) is 0 Å². The van der Waals surface area contributed by atoms with Crippen LogP contribution in [0.2, 0.25) is 0 Å². The number of rotatable bonds is 2. The molecule has 1 aliphatic carbocycles. The first-order valence-electron chi connectivity index (χ1n) is 6.12. The topological polar surface area (TPSA) is 26.0 Å². The molecule has 15 heavy (non-hydrogen) atoms. The van der Waals surface area contributed by atoms with Gasteiger partial charge in [0.1, 0.15) is 0 Å². The third-order valence-corrected chi connectivity index (χ3v) is 3.89. The van der Waals surface area contributed by atoms with E-state index in [0.717, 1.165) is 12.3 Å². The maximum absolute atomic E-state index is 6.28. The summed E-state index contributed by atoms with van der Waals surface area (Å²) in [5.74, 6) is 7.67. The van der Waals surface area contributed by atoms with Gasteiger partial charge in [0.05, 0.1) is 0 Å². The first-order valence-corrected chi connectivity index (χ1v) is 6.12. The molecule has 2 N–H and O–H groups in total. The van der Waals surface area contributed by atoms with E-state index in [-0.39, 0.29) is 5.41 Å². The van der Waals surface area contributed by atoms with Gasteiger partial charge in [-0.3, -0.25) is 0 Å². The zero-order valence-electron chi connectivity index (χ0n) is 10.6. The smallest absolute Gasteiger partial charge is 0.0143 e. The maximum atomic E-state index is 6.28. The van der Waals surface area contributed by atoms with E-state index in [1.807, 2.05) is 6.92 Å². The monoisotopic (exact) mass is 207 g/mol. The molecule has 1 fully saturated rings. The summed E-state index contributed by atoms with van der Waals surface area (Å²) >= 11 is 0. The van der Waals surface area contributed by atoms with Crippen LogP contribution in [0.5, 0.6) is 0 Å². The third kappa shape index (κ3) is 3.24. The van der Waals surface area contributed by atoms with Crippen molar-refractivity contribution in [1.82, 2.24) is 0 Å². The molecule has 3 unspecified atom stereocenters. The highest BCUT2D eigenvalue weighted by molar-refractivity contribution is 5.02. The molecule has 0 bridgehead atoms. The van der Waals surface area contributed by atoms with Gasteiger partial charge in [0.25, 0.3) is 0 Å². The highest BCUT2D eigenvalue weighted by atomic mass is 14.7. The van der Waals surface area contributed by atoms with E-state index >= 15 is 0 Å². The summed E-state index contributed by atoms with van der Waals surface area (Å²) in [6.07, 6.45) is 4.78. The van der Waals surface area contributed by atoms with E-state index < -0.39 is 0 Å². The van der Waals surface area contributed by atoms with Gasteiger partial charge in [-0.25, -0.2) is 0 Å². The molecule has 0 aromatic heterocycles. The average Bonchev–Trinajstić information content (AvgIpc) is 2.14. The van der Waals surface area contributed by atoms with Crippen LogP contribution < -0.4 is 5.73 Å². The molecule has 1 saturated carbocycles. The van der Waals surface area contributed by atoms with Crippen LogP contribution in [0.15, 0.2) is 0 Å². The van der Waals surface area contributed by atoms with E-state index in [9.17, 15) is 0 Å². The van der Waals surface area contributed by atoms with Crippen molar-refractivity contribution in [3.63, 3.8) is 0 Å². The second-order valence-electron chi connectivity index (χ2n) is 5.78. The number of hydrogen-bond acceptors (Lipinski definition) is 1. The molecule has 0 aromatic carbocycles. The van der Waals surface area contributed by atoms with Crippen LogP contribution >= 0.6 is 0 Å². The van der Waals surface area contributed by atoms with Crippen molar-refractivity contribution in [2.24, 2.45) is 23.0 Å². The normalized spacial score (nSPS) is 31.9. The van der Waals surface area contributed by atoms with Gasteiger partial charge in [0.15, 0.2) is 0 Å². The molecule has 1 nitrogen and oxygen atoms in total. The van der Waals surface area contributed by atoms with Gasteiger partial charge in [-0.2, -0.15) is 0 Å². The molecule has 3 atom stereocenters. The summed E-state index contributed by atoms with van der Waals surface area (Å²) in [4.78, 5) is 0. The SMILES string of the molecule is CC#CCC(C)(C)C1CCC(C)CC1N. The Hall–Kier alpha value is -0.480. The van der Waals surface area contributed by atoms with E-state index in [0.29, 0.717) is 12.0 Å². The van der Waals surface area contributed by atoms with Crippen molar-refractivity contribution in [3.05, 3.63) is 0 Å². The third-order valence-electron chi connectivity index (χ3n) is 3.89. The van der Waals surface area contributed by atoms with Crippen LogP contribution in [0.3, 0.4) is 0 Å². The minimum Gasteiger partial charge on any atom is -0.327 e. The minimum absolute atomic E-state index is 0.280. The Morgan fingerprint density at radius 2 is 2.00 bits per heavy atom. The number of hydrogen-bond donors (Lipinski definition) is 1. The molecular weight excluding hydrogens is 182 g/mol. The Balaban J connectivity index is 2.64. The summed E-state index contributed by atoms with van der Waals surface area (Å²) in [6.45, 7) is 8.86. The van der Waals surface area contributed by atoms with Crippen molar-refractivity contribution in [3.8, 4) is 11.8 Å². The molecule has 0 spiro atoms. The van der Waals surface area contributed by atoms with Crippen LogP contribution in [0, 0.1) is 29.1 Å². The highest BCUT2D eigenvalue weighted by Crippen LogP contribution is 2.41. The number of nitrogens with two attached hydrogens (primary N) is 1. The molecule has 0 aromatic rings. The fourth-order valence-electron chi connectivity index (χ4n) is 2.84. The molecule has 0 aliphatic heterocycles. The fourth-order valence-corrected chi connectivity index (χ4v) is 2.84. The molecule has 0 heterocycles. The summed E-state index contributed by atoms with van der Waals surface area (Å²) in [6, 6.07) is 0.377. The lowest BCUT2D eigenvalue weighted by Gasteiger charge is -2.42. The lowest BCUT2D eigenvalue weighted by atomic mass is 9.65. The Morgan fingerprint density at radius 3 is 2.53 bits per heavy atom. The van der Waals surface area contributed by atoms with Gasteiger partial charge in [-0.05, 0) is 37.0 Å². The van der Waals surface area contributed by atoms with Gasteiger partial charge in [-0.1, -0.05) is 27.2 Å². The van der Waals surface area contributed by atoms with E-state index in [1.165, 1.54) is 19.3 Å². The van der Waals surface area contributed by atoms with E-state index in [4.69, 9.17) is 5.73 Å². The van der Waals surface area contributed by atoms with Gasteiger partial charge in [-0.15, -0.1) is 11.8 Å². The van der Waals surface area contributed by atoms with Gasteiger partial charge >= 0.3 is 0 Å². The molecule has 0 saturated heterocycles. The zero-order chi connectivity index (χ0) is 11.5. The fraction of sp³-hybridized carbons (Fsp3) is 0.857. The average molecular weight is 207 g/mol. The second kappa shape index (κ2) is 5.03. The Morgan fingerprint density at radius 1 is 1.33 bits per heavy atom. The summed E-state index contributed by atoms with van der Waals surface area (Å²) in [5, 5.41) is 0. The zero-order valence-corrected chi connectivity index (χ0v) is 10.6. The van der Waals surface area contributed by atoms with Crippen LogP contribution in [0.4, 0.5) is 0 Å². The Bertz CT molecular complexity index is 256. The van der Waals surface area contributed by atoms with Crippen LogP contribution in [0.25, 0.3) is 0 Å². The molecular formula is C14H25N. The van der Waals surface area contributed by atoms with Gasteiger partial charge in [0.2, 0.25) is 0 Å². The quantitative estimate of drug-likeness (QED) is 0.691. The largest absolute Gasteiger partial charge is 0.327 e. The van der Waals surface area contributed by atoms with Gasteiger partial charge in [0, 0.05) is 12.5 Å². The van der Waals surface area contributed by atoms with Crippen LogP contribution in [0.1, 0.15) is 53.4 Å². The molecule has 86 valence electrons. The van der Waals surface area contributed by atoms with Crippen LogP contribution in [-0.4, -0.2) is 6.04 Å². The molecule has 0 amide bonds. The van der Waals surface area contributed by atoms with Crippen LogP contribution in [-0.2, 0) is 0 Å². The minimum atomic E-state index is 0.280. The molecule has 1 rings (SSSR count). The predicted octanol–water partition coefficient (Wildman–Crippen LogP) is 3.19. The van der Waals surface area contributed by atoms with Crippen molar-refractivity contribution in [2.45, 2.75) is 59.4 Å². The highest BCUT2D eigenvalue weighted by Gasteiger charge is 2.36. The summed E-state index contributed by atoms with van der Waals surface area (Å²) in [5.41, 5.74) is 6.56. The molecule has 1 heteroatoms. The predicted molar refractivity (Wildman–Crippen MR) is 66.3 cm³/mol. The first-order chi connectivity index (χ1) is 6.97. The Labute approximate surface area is 94.8 Å². The van der Waals surface area contributed by atoms with E-state index in [2.05, 4.69) is 32.6 Å². The molecule has 1 aliphatic rings. The van der Waals surface area contributed by atoms with Crippen molar-refractivity contribution >= 4 is 0 Å².